The van der Waals surface area contributed by atoms with Gasteiger partial charge in [0, 0.05) is 11.8 Å². The van der Waals surface area contributed by atoms with E-state index in [2.05, 4.69) is 15.4 Å². The normalized spacial score (nSPS) is 11.1. The van der Waals surface area contributed by atoms with Gasteiger partial charge in [-0.1, -0.05) is 17.7 Å². The van der Waals surface area contributed by atoms with Crippen LogP contribution in [0.15, 0.2) is 48.5 Å². The molecule has 2 aromatic carbocycles. The smallest absolute Gasteiger partial charge is 0.256 e. The molecule has 0 unspecified atom stereocenters. The molecular formula is C22H18F2N4O. The number of hydrogen-bond acceptors (Lipinski definition) is 3. The Morgan fingerprint density at radius 3 is 2.45 bits per heavy atom. The SMILES string of the molecule is Cc1ccc(-n2nc(C)c3c(C(=O)Nc4cc(F)ccc4F)cc(C)nc32)cc1. The number of halogens is 2. The summed E-state index contributed by atoms with van der Waals surface area (Å²) in [6.45, 7) is 5.54. The molecule has 0 saturated heterocycles. The molecule has 0 aliphatic rings. The Morgan fingerprint density at radius 2 is 1.72 bits per heavy atom. The van der Waals surface area contributed by atoms with E-state index in [1.165, 1.54) is 0 Å². The monoisotopic (exact) mass is 392 g/mol. The minimum Gasteiger partial charge on any atom is -0.319 e. The molecule has 146 valence electrons. The predicted molar refractivity (Wildman–Crippen MR) is 107 cm³/mol. The van der Waals surface area contributed by atoms with Crippen LogP contribution < -0.4 is 5.32 Å². The third-order valence-electron chi connectivity index (χ3n) is 4.64. The summed E-state index contributed by atoms with van der Waals surface area (Å²) in [5, 5.41) is 7.56. The number of benzene rings is 2. The van der Waals surface area contributed by atoms with Gasteiger partial charge in [0.05, 0.1) is 28.0 Å². The number of pyridine rings is 1. The maximum atomic E-state index is 14.0. The molecule has 0 saturated carbocycles. The van der Waals surface area contributed by atoms with E-state index in [9.17, 15) is 13.6 Å². The van der Waals surface area contributed by atoms with Gasteiger partial charge in [-0.3, -0.25) is 4.79 Å². The molecule has 1 amide bonds. The standard InChI is InChI=1S/C22H18F2N4O/c1-12-4-7-16(8-5-12)28-21-20(14(3)27-28)17(10-13(2)25-21)22(29)26-19-11-15(23)6-9-18(19)24/h4-11H,1-3H3,(H,26,29). The van der Waals surface area contributed by atoms with Crippen molar-refractivity contribution < 1.29 is 13.6 Å². The number of hydrogen-bond donors (Lipinski definition) is 1. The predicted octanol–water partition coefficient (Wildman–Crippen LogP) is 4.88. The van der Waals surface area contributed by atoms with E-state index in [1.54, 1.807) is 24.6 Å². The molecule has 0 aliphatic carbocycles. The van der Waals surface area contributed by atoms with Gasteiger partial charge in [-0.2, -0.15) is 5.10 Å². The summed E-state index contributed by atoms with van der Waals surface area (Å²) < 4.78 is 29.1. The molecule has 0 fully saturated rings. The van der Waals surface area contributed by atoms with Gasteiger partial charge in [0.15, 0.2) is 5.65 Å². The molecule has 4 rings (SSSR count). The van der Waals surface area contributed by atoms with Crippen molar-refractivity contribution in [3.05, 3.63) is 82.7 Å². The molecule has 0 spiro atoms. The summed E-state index contributed by atoms with van der Waals surface area (Å²) in [5.74, 6) is -1.91. The molecule has 0 radical (unpaired) electrons. The number of rotatable bonds is 3. The third-order valence-corrected chi connectivity index (χ3v) is 4.64. The van der Waals surface area contributed by atoms with Gasteiger partial charge in [-0.25, -0.2) is 18.4 Å². The fourth-order valence-corrected chi connectivity index (χ4v) is 3.24. The molecule has 4 aromatic rings. The number of anilines is 1. The number of aromatic nitrogens is 3. The van der Waals surface area contributed by atoms with Gasteiger partial charge in [0.2, 0.25) is 0 Å². The molecule has 2 heterocycles. The summed E-state index contributed by atoms with van der Waals surface area (Å²) >= 11 is 0. The number of carbonyl (C=O) groups is 1. The second-order valence-corrected chi connectivity index (χ2v) is 6.92. The van der Waals surface area contributed by atoms with E-state index in [-0.39, 0.29) is 5.69 Å². The van der Waals surface area contributed by atoms with Gasteiger partial charge in [0.1, 0.15) is 11.6 Å². The lowest BCUT2D eigenvalue weighted by Crippen LogP contribution is -2.14. The van der Waals surface area contributed by atoms with Crippen LogP contribution in [-0.2, 0) is 0 Å². The highest BCUT2D eigenvalue weighted by molar-refractivity contribution is 6.12. The molecule has 7 heteroatoms. The zero-order chi connectivity index (χ0) is 20.7. The van der Waals surface area contributed by atoms with Crippen molar-refractivity contribution in [2.45, 2.75) is 20.8 Å². The lowest BCUT2D eigenvalue weighted by Gasteiger charge is -2.09. The average Bonchev–Trinajstić information content (AvgIpc) is 3.01. The number of carbonyl (C=O) groups excluding carboxylic acids is 1. The highest BCUT2D eigenvalue weighted by Crippen LogP contribution is 2.26. The first-order valence-electron chi connectivity index (χ1n) is 9.04. The highest BCUT2D eigenvalue weighted by Gasteiger charge is 2.20. The molecular weight excluding hydrogens is 374 g/mol. The highest BCUT2D eigenvalue weighted by atomic mass is 19.1. The minimum absolute atomic E-state index is 0.221. The van der Waals surface area contributed by atoms with Crippen LogP contribution in [0.3, 0.4) is 0 Å². The lowest BCUT2D eigenvalue weighted by atomic mass is 10.1. The second kappa shape index (κ2) is 7.09. The van der Waals surface area contributed by atoms with E-state index < -0.39 is 17.5 Å². The zero-order valence-electron chi connectivity index (χ0n) is 16.1. The van der Waals surface area contributed by atoms with Crippen LogP contribution in [0, 0.1) is 32.4 Å². The minimum atomic E-state index is -0.714. The van der Waals surface area contributed by atoms with Crippen molar-refractivity contribution in [2.24, 2.45) is 0 Å². The Hall–Kier alpha value is -3.61. The molecule has 0 atom stereocenters. The van der Waals surface area contributed by atoms with Crippen molar-refractivity contribution in [3.63, 3.8) is 0 Å². The quantitative estimate of drug-likeness (QED) is 0.541. The van der Waals surface area contributed by atoms with Crippen LogP contribution >= 0.6 is 0 Å². The van der Waals surface area contributed by atoms with Gasteiger partial charge < -0.3 is 5.32 Å². The van der Waals surface area contributed by atoms with E-state index >= 15 is 0 Å². The van der Waals surface area contributed by atoms with E-state index in [4.69, 9.17) is 0 Å². The summed E-state index contributed by atoms with van der Waals surface area (Å²) in [4.78, 5) is 17.5. The van der Waals surface area contributed by atoms with Gasteiger partial charge in [-0.15, -0.1) is 0 Å². The number of nitrogens with one attached hydrogen (secondary N) is 1. The van der Waals surface area contributed by atoms with Crippen LogP contribution in [0.5, 0.6) is 0 Å². The fourth-order valence-electron chi connectivity index (χ4n) is 3.24. The van der Waals surface area contributed by atoms with E-state index in [0.29, 0.717) is 28.0 Å². The molecule has 0 bridgehead atoms. The van der Waals surface area contributed by atoms with Crippen LogP contribution in [-0.4, -0.2) is 20.7 Å². The molecule has 2 aromatic heterocycles. The Labute approximate surface area is 166 Å². The second-order valence-electron chi connectivity index (χ2n) is 6.92. The maximum absolute atomic E-state index is 14.0. The van der Waals surface area contributed by atoms with Crippen molar-refractivity contribution in [2.75, 3.05) is 5.32 Å². The molecule has 0 aliphatic heterocycles. The number of aryl methyl sites for hydroxylation is 3. The average molecular weight is 392 g/mol. The van der Waals surface area contributed by atoms with Crippen molar-refractivity contribution in [1.82, 2.24) is 14.8 Å². The number of amides is 1. The van der Waals surface area contributed by atoms with Crippen LogP contribution in [0.25, 0.3) is 16.7 Å². The first-order valence-corrected chi connectivity index (χ1v) is 9.04. The summed E-state index contributed by atoms with van der Waals surface area (Å²) in [6, 6.07) is 12.3. The van der Waals surface area contributed by atoms with Crippen LogP contribution in [0.2, 0.25) is 0 Å². The Bertz CT molecular complexity index is 1250. The van der Waals surface area contributed by atoms with Crippen molar-refractivity contribution in [3.8, 4) is 5.69 Å². The van der Waals surface area contributed by atoms with Gasteiger partial charge >= 0.3 is 0 Å². The first kappa shape index (κ1) is 18.7. The Balaban J connectivity index is 1.84. The molecule has 29 heavy (non-hydrogen) atoms. The van der Waals surface area contributed by atoms with E-state index in [1.807, 2.05) is 31.2 Å². The lowest BCUT2D eigenvalue weighted by molar-refractivity contribution is 0.102. The molecule has 1 N–H and O–H groups in total. The number of nitrogens with zero attached hydrogens (tertiary/aromatic N) is 3. The van der Waals surface area contributed by atoms with E-state index in [0.717, 1.165) is 29.4 Å². The zero-order valence-corrected chi connectivity index (χ0v) is 16.1. The van der Waals surface area contributed by atoms with Crippen LogP contribution in [0.1, 0.15) is 27.3 Å². The third kappa shape index (κ3) is 3.47. The maximum Gasteiger partial charge on any atom is 0.256 e. The first-order chi connectivity index (χ1) is 13.8. The van der Waals surface area contributed by atoms with Crippen molar-refractivity contribution in [1.29, 1.82) is 0 Å². The number of fused-ring (bicyclic) bond motifs is 1. The van der Waals surface area contributed by atoms with Gasteiger partial charge in [0.25, 0.3) is 5.91 Å². The largest absolute Gasteiger partial charge is 0.319 e. The van der Waals surface area contributed by atoms with Gasteiger partial charge in [-0.05, 0) is 51.1 Å². The summed E-state index contributed by atoms with van der Waals surface area (Å²) in [7, 11) is 0. The topological polar surface area (TPSA) is 59.8 Å². The summed E-state index contributed by atoms with van der Waals surface area (Å²) in [5.41, 5.74) is 3.75. The van der Waals surface area contributed by atoms with Crippen LogP contribution in [0.4, 0.5) is 14.5 Å². The fraction of sp³-hybridized carbons (Fsp3) is 0.136. The molecule has 5 nitrogen and oxygen atoms in total. The Kier molecular flexibility index (Phi) is 4.58. The summed E-state index contributed by atoms with van der Waals surface area (Å²) in [6.07, 6.45) is 0. The Morgan fingerprint density at radius 1 is 1.00 bits per heavy atom. The van der Waals surface area contributed by atoms with Crippen molar-refractivity contribution >= 4 is 22.6 Å².